The highest BCUT2D eigenvalue weighted by molar-refractivity contribution is 5.93. The van der Waals surface area contributed by atoms with Gasteiger partial charge in [0.05, 0.1) is 6.10 Å². The standard InChI is InChI=1S/C13H17NO5/c1-2-18-9-4-3-7-14(8-9)12(15)10-5-6-11(19-10)13(16)17/h5-6,9H,2-4,7-8H2,1H3,(H,16,17). The molecule has 1 aromatic rings. The lowest BCUT2D eigenvalue weighted by atomic mass is 10.1. The van der Waals surface area contributed by atoms with Crippen molar-refractivity contribution >= 4 is 11.9 Å². The summed E-state index contributed by atoms with van der Waals surface area (Å²) in [6, 6.07) is 2.69. The Balaban J connectivity index is 2.03. The summed E-state index contributed by atoms with van der Waals surface area (Å²) >= 11 is 0. The second-order valence-corrected chi connectivity index (χ2v) is 4.44. The van der Waals surface area contributed by atoms with Gasteiger partial charge in [0.15, 0.2) is 5.76 Å². The van der Waals surface area contributed by atoms with E-state index < -0.39 is 5.97 Å². The first-order chi connectivity index (χ1) is 9.11. The fourth-order valence-electron chi connectivity index (χ4n) is 2.22. The number of carbonyl (C=O) groups is 2. The Kier molecular flexibility index (Phi) is 4.21. The first-order valence-electron chi connectivity index (χ1n) is 6.35. The lowest BCUT2D eigenvalue weighted by Gasteiger charge is -2.31. The molecule has 0 saturated carbocycles. The van der Waals surface area contributed by atoms with Crippen LogP contribution < -0.4 is 0 Å². The van der Waals surface area contributed by atoms with E-state index in [0.717, 1.165) is 12.8 Å². The first kappa shape index (κ1) is 13.6. The molecule has 1 amide bonds. The Morgan fingerprint density at radius 2 is 2.21 bits per heavy atom. The van der Waals surface area contributed by atoms with E-state index in [4.69, 9.17) is 14.3 Å². The van der Waals surface area contributed by atoms with Gasteiger partial charge < -0.3 is 19.2 Å². The van der Waals surface area contributed by atoms with Crippen LogP contribution in [0.25, 0.3) is 0 Å². The number of carbonyl (C=O) groups excluding carboxylic acids is 1. The van der Waals surface area contributed by atoms with Gasteiger partial charge in [-0.05, 0) is 31.9 Å². The summed E-state index contributed by atoms with van der Waals surface area (Å²) in [6.45, 7) is 3.71. The van der Waals surface area contributed by atoms with Gasteiger partial charge >= 0.3 is 5.97 Å². The number of aromatic carboxylic acids is 1. The monoisotopic (exact) mass is 267 g/mol. The topological polar surface area (TPSA) is 80.0 Å². The van der Waals surface area contributed by atoms with Crippen LogP contribution in [0.5, 0.6) is 0 Å². The van der Waals surface area contributed by atoms with Crippen molar-refractivity contribution in [1.82, 2.24) is 4.90 Å². The van der Waals surface area contributed by atoms with Gasteiger partial charge in [0.2, 0.25) is 5.76 Å². The minimum atomic E-state index is -1.18. The van der Waals surface area contributed by atoms with E-state index in [0.29, 0.717) is 19.7 Å². The predicted molar refractivity (Wildman–Crippen MR) is 66.2 cm³/mol. The largest absolute Gasteiger partial charge is 0.475 e. The number of likely N-dealkylation sites (tertiary alicyclic amines) is 1. The highest BCUT2D eigenvalue weighted by atomic mass is 16.5. The zero-order valence-electron chi connectivity index (χ0n) is 10.8. The van der Waals surface area contributed by atoms with E-state index in [1.807, 2.05) is 6.92 Å². The summed E-state index contributed by atoms with van der Waals surface area (Å²) in [6.07, 6.45) is 1.87. The van der Waals surface area contributed by atoms with E-state index in [9.17, 15) is 9.59 Å². The van der Waals surface area contributed by atoms with Gasteiger partial charge in [-0.1, -0.05) is 0 Å². The van der Waals surface area contributed by atoms with Crippen LogP contribution in [-0.4, -0.2) is 47.7 Å². The van der Waals surface area contributed by atoms with E-state index in [1.165, 1.54) is 12.1 Å². The Bertz CT molecular complexity index is 465. The maximum absolute atomic E-state index is 12.2. The molecule has 1 aliphatic heterocycles. The Morgan fingerprint density at radius 3 is 2.84 bits per heavy atom. The Morgan fingerprint density at radius 1 is 1.47 bits per heavy atom. The van der Waals surface area contributed by atoms with Gasteiger partial charge in [0.1, 0.15) is 0 Å². The third kappa shape index (κ3) is 3.14. The molecule has 2 heterocycles. The molecule has 0 spiro atoms. The average Bonchev–Trinajstić information content (AvgIpc) is 2.88. The van der Waals surface area contributed by atoms with E-state index in [1.54, 1.807) is 4.90 Å². The molecule has 6 nitrogen and oxygen atoms in total. The number of hydrogen-bond acceptors (Lipinski definition) is 4. The number of carboxylic acid groups (broad SMARTS) is 1. The second kappa shape index (κ2) is 5.88. The van der Waals surface area contributed by atoms with E-state index in [2.05, 4.69) is 0 Å². The Labute approximate surface area is 110 Å². The van der Waals surface area contributed by atoms with Gasteiger partial charge in [0.25, 0.3) is 5.91 Å². The number of piperidine rings is 1. The third-order valence-electron chi connectivity index (χ3n) is 3.10. The number of nitrogens with zero attached hydrogens (tertiary/aromatic N) is 1. The maximum Gasteiger partial charge on any atom is 0.371 e. The second-order valence-electron chi connectivity index (χ2n) is 4.44. The number of rotatable bonds is 4. The third-order valence-corrected chi connectivity index (χ3v) is 3.10. The van der Waals surface area contributed by atoms with Crippen LogP contribution in [0.4, 0.5) is 0 Å². The van der Waals surface area contributed by atoms with Crippen molar-refractivity contribution in [1.29, 1.82) is 0 Å². The summed E-state index contributed by atoms with van der Waals surface area (Å²) in [5, 5.41) is 8.76. The zero-order valence-corrected chi connectivity index (χ0v) is 10.8. The summed E-state index contributed by atoms with van der Waals surface area (Å²) in [4.78, 5) is 24.5. The number of hydrogen-bond donors (Lipinski definition) is 1. The number of amides is 1. The molecule has 0 bridgehead atoms. The molecule has 0 aliphatic carbocycles. The van der Waals surface area contributed by atoms with Crippen LogP contribution in [0.15, 0.2) is 16.5 Å². The number of carboxylic acids is 1. The molecule has 1 saturated heterocycles. The van der Waals surface area contributed by atoms with Crippen molar-refractivity contribution in [2.45, 2.75) is 25.9 Å². The summed E-state index contributed by atoms with van der Waals surface area (Å²) in [7, 11) is 0. The van der Waals surface area contributed by atoms with Gasteiger partial charge in [0, 0.05) is 19.7 Å². The molecular weight excluding hydrogens is 250 g/mol. The van der Waals surface area contributed by atoms with Crippen molar-refractivity contribution in [2.24, 2.45) is 0 Å². The van der Waals surface area contributed by atoms with Crippen LogP contribution >= 0.6 is 0 Å². The average molecular weight is 267 g/mol. The molecule has 1 aliphatic rings. The van der Waals surface area contributed by atoms with Crippen LogP contribution in [0, 0.1) is 0 Å². The lowest BCUT2D eigenvalue weighted by molar-refractivity contribution is 0.00609. The normalized spacial score (nSPS) is 19.4. The summed E-state index contributed by atoms with van der Waals surface area (Å²) in [5.41, 5.74) is 0. The smallest absolute Gasteiger partial charge is 0.371 e. The highest BCUT2D eigenvalue weighted by Crippen LogP contribution is 2.17. The fraction of sp³-hybridized carbons (Fsp3) is 0.538. The SMILES string of the molecule is CCOC1CCCN(C(=O)c2ccc(C(=O)O)o2)C1. The van der Waals surface area contributed by atoms with Crippen LogP contribution in [0.2, 0.25) is 0 Å². The first-order valence-corrected chi connectivity index (χ1v) is 6.35. The van der Waals surface area contributed by atoms with Crippen LogP contribution in [-0.2, 0) is 4.74 Å². The van der Waals surface area contributed by atoms with Crippen LogP contribution in [0.1, 0.15) is 40.9 Å². The molecule has 1 atom stereocenters. The van der Waals surface area contributed by atoms with Gasteiger partial charge in [-0.3, -0.25) is 4.79 Å². The molecule has 1 aromatic heterocycles. The molecule has 1 fully saturated rings. The number of ether oxygens (including phenoxy) is 1. The molecular formula is C13H17NO5. The van der Waals surface area contributed by atoms with Gasteiger partial charge in [-0.2, -0.15) is 0 Å². The van der Waals surface area contributed by atoms with Crippen LogP contribution in [0.3, 0.4) is 0 Å². The van der Waals surface area contributed by atoms with Crippen molar-refractivity contribution in [3.05, 3.63) is 23.7 Å². The lowest BCUT2D eigenvalue weighted by Crippen LogP contribution is -2.43. The van der Waals surface area contributed by atoms with E-state index in [-0.39, 0.29) is 23.5 Å². The molecule has 0 aromatic carbocycles. The molecule has 0 radical (unpaired) electrons. The van der Waals surface area contributed by atoms with Crippen molar-refractivity contribution in [3.8, 4) is 0 Å². The summed E-state index contributed by atoms with van der Waals surface area (Å²) in [5.74, 6) is -1.61. The highest BCUT2D eigenvalue weighted by Gasteiger charge is 2.27. The van der Waals surface area contributed by atoms with Crippen molar-refractivity contribution in [3.63, 3.8) is 0 Å². The summed E-state index contributed by atoms with van der Waals surface area (Å²) < 4.78 is 10.5. The molecule has 1 unspecified atom stereocenters. The zero-order chi connectivity index (χ0) is 13.8. The quantitative estimate of drug-likeness (QED) is 0.896. The Hall–Kier alpha value is -1.82. The van der Waals surface area contributed by atoms with E-state index >= 15 is 0 Å². The molecule has 6 heteroatoms. The molecule has 1 N–H and O–H groups in total. The fourth-order valence-corrected chi connectivity index (χ4v) is 2.22. The maximum atomic E-state index is 12.2. The van der Waals surface area contributed by atoms with Crippen molar-refractivity contribution in [2.75, 3.05) is 19.7 Å². The minimum absolute atomic E-state index is 0.0524. The number of furan rings is 1. The molecule has 2 rings (SSSR count). The van der Waals surface area contributed by atoms with Crippen molar-refractivity contribution < 1.29 is 23.8 Å². The van der Waals surface area contributed by atoms with Gasteiger partial charge in [-0.15, -0.1) is 0 Å². The van der Waals surface area contributed by atoms with Gasteiger partial charge in [-0.25, -0.2) is 4.79 Å². The molecule has 104 valence electrons. The minimum Gasteiger partial charge on any atom is -0.475 e. The predicted octanol–water partition coefficient (Wildman–Crippen LogP) is 1.62. The molecule has 19 heavy (non-hydrogen) atoms.